The number of rotatable bonds is 8. The number of amidine groups is 1. The third kappa shape index (κ3) is 6.28. The zero-order chi connectivity index (χ0) is 23.4. The predicted octanol–water partition coefficient (Wildman–Crippen LogP) is 2.46. The Labute approximate surface area is 192 Å². The van der Waals surface area contributed by atoms with Crippen LogP contribution in [0.5, 0.6) is 0 Å². The van der Waals surface area contributed by atoms with Crippen LogP contribution < -0.4 is 10.0 Å². The van der Waals surface area contributed by atoms with Gasteiger partial charge in [0.2, 0.25) is 15.9 Å². The Bertz CT molecular complexity index is 1230. The summed E-state index contributed by atoms with van der Waals surface area (Å²) >= 11 is 5.81. The molecule has 1 amide bonds. The number of hydrogen-bond acceptors (Lipinski definition) is 5. The highest BCUT2D eigenvalue weighted by molar-refractivity contribution is 7.90. The average Bonchev–Trinajstić information content (AvgIpc) is 3.12. The number of halogens is 1. The molecule has 1 saturated heterocycles. The monoisotopic (exact) mass is 498 g/mol. The number of benzene rings is 2. The normalized spacial score (nSPS) is 15.8. The van der Waals surface area contributed by atoms with E-state index in [1.54, 1.807) is 13.1 Å². The second-order valence-electron chi connectivity index (χ2n) is 7.19. The van der Waals surface area contributed by atoms with Crippen molar-refractivity contribution in [1.82, 2.24) is 9.62 Å². The van der Waals surface area contributed by atoms with E-state index in [0.717, 1.165) is 13.0 Å². The lowest BCUT2D eigenvalue weighted by atomic mass is 10.3. The highest BCUT2D eigenvalue weighted by Crippen LogP contribution is 2.19. The molecule has 172 valence electrons. The summed E-state index contributed by atoms with van der Waals surface area (Å²) in [5.74, 6) is 0.102. The van der Waals surface area contributed by atoms with E-state index in [1.165, 1.54) is 42.5 Å². The van der Waals surface area contributed by atoms with Gasteiger partial charge in [-0.05, 0) is 48.9 Å². The third-order valence-corrected chi connectivity index (χ3v) is 7.76. The number of carbonyl (C=O) groups excluding carboxylic acids is 1. The van der Waals surface area contributed by atoms with Crippen molar-refractivity contribution in [3.8, 4) is 0 Å². The van der Waals surface area contributed by atoms with Gasteiger partial charge >= 0.3 is 0 Å². The number of nitrogens with one attached hydrogen (secondary N) is 2. The van der Waals surface area contributed by atoms with Crippen LogP contribution in [0.4, 0.5) is 5.69 Å². The van der Waals surface area contributed by atoms with Crippen molar-refractivity contribution in [2.45, 2.75) is 29.1 Å². The van der Waals surface area contributed by atoms with Gasteiger partial charge in [-0.2, -0.15) is 8.42 Å². The zero-order valence-corrected chi connectivity index (χ0v) is 19.7. The Morgan fingerprint density at radius 2 is 1.81 bits per heavy atom. The summed E-state index contributed by atoms with van der Waals surface area (Å²) in [6.07, 6.45) is 1.37. The standard InChI is InChI=1S/C20H23ClN4O5S2/c1-25-13-3-6-19(25)24-32(29,30)17-9-7-16(8-10-17)23-20(26)11-12-22-31(27,28)18-5-2-4-15(21)14-18/h2,4-5,7-10,14,22H,3,6,11-13H2,1H3,(H,23,26)/b24-19+. The Morgan fingerprint density at radius 3 is 2.44 bits per heavy atom. The number of amides is 1. The van der Waals surface area contributed by atoms with Crippen molar-refractivity contribution in [1.29, 1.82) is 0 Å². The lowest BCUT2D eigenvalue weighted by Gasteiger charge is -2.11. The van der Waals surface area contributed by atoms with E-state index < -0.39 is 26.0 Å². The first-order chi connectivity index (χ1) is 15.1. The molecule has 2 aromatic carbocycles. The molecule has 2 N–H and O–H groups in total. The maximum Gasteiger partial charge on any atom is 0.283 e. The summed E-state index contributed by atoms with van der Waals surface area (Å²) in [6.45, 7) is 0.659. The van der Waals surface area contributed by atoms with Crippen molar-refractivity contribution >= 4 is 49.1 Å². The molecule has 32 heavy (non-hydrogen) atoms. The van der Waals surface area contributed by atoms with Gasteiger partial charge in [0.05, 0.1) is 9.79 Å². The van der Waals surface area contributed by atoms with Crippen LogP contribution >= 0.6 is 11.6 Å². The smallest absolute Gasteiger partial charge is 0.283 e. The van der Waals surface area contributed by atoms with Gasteiger partial charge in [-0.1, -0.05) is 17.7 Å². The average molecular weight is 499 g/mol. The van der Waals surface area contributed by atoms with Gasteiger partial charge in [0.15, 0.2) is 0 Å². The van der Waals surface area contributed by atoms with Crippen LogP contribution in [0.3, 0.4) is 0 Å². The minimum absolute atomic E-state index is 0.00887. The van der Waals surface area contributed by atoms with Crippen LogP contribution in [0.2, 0.25) is 5.02 Å². The molecule has 12 heteroatoms. The molecule has 0 aromatic heterocycles. The number of likely N-dealkylation sites (tertiary alicyclic amines) is 1. The summed E-state index contributed by atoms with van der Waals surface area (Å²) in [4.78, 5) is 14.0. The largest absolute Gasteiger partial charge is 0.362 e. The van der Waals surface area contributed by atoms with Crippen LogP contribution in [-0.4, -0.2) is 53.6 Å². The summed E-state index contributed by atoms with van der Waals surface area (Å²) in [5.41, 5.74) is 0.386. The van der Waals surface area contributed by atoms with E-state index in [0.29, 0.717) is 17.9 Å². The highest BCUT2D eigenvalue weighted by atomic mass is 35.5. The minimum atomic E-state index is -3.83. The number of sulfonamides is 2. The van der Waals surface area contributed by atoms with Crippen molar-refractivity contribution in [2.24, 2.45) is 4.40 Å². The molecule has 0 unspecified atom stereocenters. The van der Waals surface area contributed by atoms with Crippen molar-refractivity contribution in [3.63, 3.8) is 0 Å². The van der Waals surface area contributed by atoms with E-state index in [9.17, 15) is 21.6 Å². The van der Waals surface area contributed by atoms with E-state index in [1.807, 2.05) is 4.90 Å². The Morgan fingerprint density at radius 1 is 1.09 bits per heavy atom. The number of nitrogens with zero attached hydrogens (tertiary/aromatic N) is 2. The summed E-state index contributed by atoms with van der Waals surface area (Å²) in [6, 6.07) is 11.4. The van der Waals surface area contributed by atoms with E-state index in [-0.39, 0.29) is 27.8 Å². The van der Waals surface area contributed by atoms with Crippen LogP contribution in [-0.2, 0) is 24.8 Å². The zero-order valence-electron chi connectivity index (χ0n) is 17.3. The molecule has 1 heterocycles. The molecule has 0 spiro atoms. The number of hydrogen-bond donors (Lipinski definition) is 2. The number of carbonyl (C=O) groups is 1. The maximum atomic E-state index is 12.5. The first kappa shape index (κ1) is 24.2. The molecular formula is C20H23ClN4O5S2. The molecule has 1 aliphatic heterocycles. The molecule has 0 aliphatic carbocycles. The van der Waals surface area contributed by atoms with Crippen molar-refractivity contribution < 1.29 is 21.6 Å². The Hall–Kier alpha value is -2.47. The topological polar surface area (TPSA) is 125 Å². The van der Waals surface area contributed by atoms with Gasteiger partial charge in [-0.3, -0.25) is 4.79 Å². The first-order valence-corrected chi connectivity index (χ1v) is 13.1. The highest BCUT2D eigenvalue weighted by Gasteiger charge is 2.20. The molecule has 2 aromatic rings. The van der Waals surface area contributed by atoms with Crippen molar-refractivity contribution in [2.75, 3.05) is 25.5 Å². The van der Waals surface area contributed by atoms with E-state index >= 15 is 0 Å². The van der Waals surface area contributed by atoms with Crippen LogP contribution in [0.25, 0.3) is 0 Å². The molecule has 0 bridgehead atoms. The quantitative estimate of drug-likeness (QED) is 0.576. The van der Waals surface area contributed by atoms with Crippen LogP contribution in [0.1, 0.15) is 19.3 Å². The van der Waals surface area contributed by atoms with Gasteiger partial charge < -0.3 is 10.2 Å². The second-order valence-corrected chi connectivity index (χ2v) is 11.0. The molecule has 1 aliphatic rings. The number of anilines is 1. The van der Waals surface area contributed by atoms with Gasteiger partial charge in [0, 0.05) is 43.7 Å². The molecule has 0 radical (unpaired) electrons. The van der Waals surface area contributed by atoms with Gasteiger partial charge in [-0.25, -0.2) is 13.1 Å². The molecule has 1 fully saturated rings. The lowest BCUT2D eigenvalue weighted by molar-refractivity contribution is -0.116. The second kappa shape index (κ2) is 9.99. The summed E-state index contributed by atoms with van der Waals surface area (Å²) < 4.78 is 55.6. The van der Waals surface area contributed by atoms with E-state index in [4.69, 9.17) is 11.6 Å². The maximum absolute atomic E-state index is 12.5. The summed E-state index contributed by atoms with van der Waals surface area (Å²) in [7, 11) is -5.82. The molecule has 3 rings (SSSR count). The third-order valence-electron chi connectivity index (χ3n) is 4.75. The fourth-order valence-corrected chi connectivity index (χ4v) is 5.48. The molecule has 9 nitrogen and oxygen atoms in total. The van der Waals surface area contributed by atoms with Gasteiger partial charge in [0.1, 0.15) is 5.84 Å². The molecule has 0 saturated carbocycles. The van der Waals surface area contributed by atoms with Gasteiger partial charge in [-0.15, -0.1) is 4.40 Å². The SMILES string of the molecule is CN1CCC/C1=N\S(=O)(=O)c1ccc(NC(=O)CCNS(=O)(=O)c2cccc(Cl)c2)cc1. The fourth-order valence-electron chi connectivity index (χ4n) is 3.05. The van der Waals surface area contributed by atoms with Crippen LogP contribution in [0, 0.1) is 0 Å². The van der Waals surface area contributed by atoms with Gasteiger partial charge in [0.25, 0.3) is 10.0 Å². The Kier molecular flexibility index (Phi) is 7.55. The fraction of sp³-hybridized carbons (Fsp3) is 0.300. The first-order valence-electron chi connectivity index (χ1n) is 9.77. The lowest BCUT2D eigenvalue weighted by Crippen LogP contribution is -2.27. The summed E-state index contributed by atoms with van der Waals surface area (Å²) in [5, 5.41) is 2.89. The van der Waals surface area contributed by atoms with Crippen LogP contribution in [0.15, 0.2) is 62.7 Å². The van der Waals surface area contributed by atoms with Crippen molar-refractivity contribution in [3.05, 3.63) is 53.6 Å². The predicted molar refractivity (Wildman–Crippen MR) is 123 cm³/mol. The molecule has 0 atom stereocenters. The van der Waals surface area contributed by atoms with E-state index in [2.05, 4.69) is 14.4 Å². The minimum Gasteiger partial charge on any atom is -0.362 e. The Balaban J connectivity index is 1.55. The molecular weight excluding hydrogens is 476 g/mol.